The molecule has 0 spiro atoms. The summed E-state index contributed by atoms with van der Waals surface area (Å²) in [6, 6.07) is 2.09. The molecule has 0 radical (unpaired) electrons. The van der Waals surface area contributed by atoms with Crippen molar-refractivity contribution in [3.63, 3.8) is 0 Å². The van der Waals surface area contributed by atoms with Gasteiger partial charge >= 0.3 is 0 Å². The maximum atomic E-state index is 13.6. The maximum Gasteiger partial charge on any atom is 0.277 e. The average molecular weight is 312 g/mol. The van der Waals surface area contributed by atoms with Gasteiger partial charge in [0.15, 0.2) is 0 Å². The molecule has 0 atom stereocenters. The predicted molar refractivity (Wildman–Crippen MR) is 75.3 cm³/mol. The van der Waals surface area contributed by atoms with E-state index in [1.165, 1.54) is 0 Å². The molecule has 1 heterocycles. The lowest BCUT2D eigenvalue weighted by Gasteiger charge is -2.15. The molecular weight excluding hydrogens is 297 g/mol. The molecule has 1 amide bonds. The van der Waals surface area contributed by atoms with Gasteiger partial charge in [0.05, 0.1) is 35.6 Å². The Labute approximate surface area is 124 Å². The quantitative estimate of drug-likeness (QED) is 0.900. The number of aromatic nitrogens is 2. The number of hydrogen-bond acceptors (Lipinski definition) is 4. The first-order valence-corrected chi connectivity index (χ1v) is 6.54. The molecule has 2 aromatic rings. The Morgan fingerprint density at radius 2 is 1.91 bits per heavy atom. The highest BCUT2D eigenvalue weighted by Crippen LogP contribution is 2.19. The Morgan fingerprint density at radius 3 is 2.55 bits per heavy atom. The van der Waals surface area contributed by atoms with Crippen LogP contribution in [-0.2, 0) is 0 Å². The van der Waals surface area contributed by atoms with Gasteiger partial charge < -0.3 is 11.1 Å². The molecule has 0 saturated heterocycles. The highest BCUT2D eigenvalue weighted by molar-refractivity contribution is 6.04. The molecular formula is C14H15F3N4O. The van der Waals surface area contributed by atoms with Gasteiger partial charge in [-0.15, -0.1) is 0 Å². The monoisotopic (exact) mass is 312 g/mol. The third-order valence-electron chi connectivity index (χ3n) is 3.20. The van der Waals surface area contributed by atoms with Crippen LogP contribution in [0.5, 0.6) is 0 Å². The summed E-state index contributed by atoms with van der Waals surface area (Å²) in [5.74, 6) is -4.77. The zero-order valence-corrected chi connectivity index (χ0v) is 12.1. The van der Waals surface area contributed by atoms with Crippen LogP contribution in [-0.4, -0.2) is 34.9 Å². The van der Waals surface area contributed by atoms with Gasteiger partial charge in [-0.2, -0.15) is 0 Å². The number of nitrogens with one attached hydrogen (secondary N) is 1. The van der Waals surface area contributed by atoms with Crippen molar-refractivity contribution in [3.8, 4) is 0 Å². The normalized spacial score (nSPS) is 11.7. The van der Waals surface area contributed by atoms with Crippen molar-refractivity contribution in [3.05, 3.63) is 34.9 Å². The standard InChI is InChI=1S/C14H15F3N4O/c1-7-8(2)21-12-10(3-9(15)4-11(12)20-7)13(22)19-6-14(16,17)5-18/h3-4H,5-6,18H2,1-2H3,(H,19,22). The van der Waals surface area contributed by atoms with Gasteiger partial charge in [-0.05, 0) is 19.9 Å². The zero-order chi connectivity index (χ0) is 16.5. The van der Waals surface area contributed by atoms with E-state index in [-0.39, 0.29) is 16.6 Å². The Kier molecular flexibility index (Phi) is 4.32. The van der Waals surface area contributed by atoms with Crippen LogP contribution in [0.15, 0.2) is 12.1 Å². The minimum absolute atomic E-state index is 0.140. The first kappa shape index (κ1) is 16.2. The molecule has 1 aromatic carbocycles. The van der Waals surface area contributed by atoms with Crippen LogP contribution in [0, 0.1) is 19.7 Å². The van der Waals surface area contributed by atoms with E-state index in [0.717, 1.165) is 12.1 Å². The number of aryl methyl sites for hydroxylation is 2. The van der Waals surface area contributed by atoms with Crippen LogP contribution in [0.2, 0.25) is 0 Å². The SMILES string of the molecule is Cc1nc2cc(F)cc(C(=O)NCC(F)(F)CN)c2nc1C. The lowest BCUT2D eigenvalue weighted by Crippen LogP contribution is -2.41. The number of fused-ring (bicyclic) bond motifs is 1. The summed E-state index contributed by atoms with van der Waals surface area (Å²) < 4.78 is 39.8. The van der Waals surface area contributed by atoms with Crippen LogP contribution in [0.4, 0.5) is 13.2 Å². The number of nitrogens with two attached hydrogens (primary N) is 1. The van der Waals surface area contributed by atoms with Crippen molar-refractivity contribution in [2.75, 3.05) is 13.1 Å². The second kappa shape index (κ2) is 5.88. The van der Waals surface area contributed by atoms with Crippen molar-refractivity contribution >= 4 is 16.9 Å². The summed E-state index contributed by atoms with van der Waals surface area (Å²) in [4.78, 5) is 20.4. The molecule has 22 heavy (non-hydrogen) atoms. The van der Waals surface area contributed by atoms with E-state index in [0.29, 0.717) is 11.4 Å². The van der Waals surface area contributed by atoms with Crippen molar-refractivity contribution in [1.29, 1.82) is 0 Å². The second-order valence-corrected chi connectivity index (χ2v) is 4.96. The number of hydrogen-bond donors (Lipinski definition) is 2. The molecule has 0 aliphatic carbocycles. The van der Waals surface area contributed by atoms with Gasteiger partial charge in [-0.3, -0.25) is 4.79 Å². The number of amides is 1. The Bertz CT molecular complexity index is 734. The summed E-state index contributed by atoms with van der Waals surface area (Å²) in [7, 11) is 0. The average Bonchev–Trinajstić information content (AvgIpc) is 2.46. The zero-order valence-electron chi connectivity index (χ0n) is 12.1. The summed E-state index contributed by atoms with van der Waals surface area (Å²) in [6.07, 6.45) is 0. The van der Waals surface area contributed by atoms with Gasteiger partial charge in [0.25, 0.3) is 11.8 Å². The number of halogens is 3. The predicted octanol–water partition coefficient (Wildman–Crippen LogP) is 1.71. The molecule has 1 aromatic heterocycles. The highest BCUT2D eigenvalue weighted by Gasteiger charge is 2.28. The number of carbonyl (C=O) groups is 1. The van der Waals surface area contributed by atoms with E-state index in [1.54, 1.807) is 13.8 Å². The fourth-order valence-corrected chi connectivity index (χ4v) is 1.85. The summed E-state index contributed by atoms with van der Waals surface area (Å²) in [5.41, 5.74) is 6.28. The van der Waals surface area contributed by atoms with Crippen LogP contribution in [0.25, 0.3) is 11.0 Å². The van der Waals surface area contributed by atoms with E-state index in [9.17, 15) is 18.0 Å². The molecule has 118 valence electrons. The summed E-state index contributed by atoms with van der Waals surface area (Å²) in [5, 5.41) is 2.04. The van der Waals surface area contributed by atoms with E-state index >= 15 is 0 Å². The third-order valence-corrected chi connectivity index (χ3v) is 3.20. The number of carbonyl (C=O) groups excluding carboxylic acids is 1. The van der Waals surface area contributed by atoms with Gasteiger partial charge in [0.1, 0.15) is 11.3 Å². The van der Waals surface area contributed by atoms with E-state index in [1.807, 2.05) is 5.32 Å². The number of rotatable bonds is 4. The Morgan fingerprint density at radius 1 is 1.27 bits per heavy atom. The van der Waals surface area contributed by atoms with Gasteiger partial charge in [-0.25, -0.2) is 23.1 Å². The largest absolute Gasteiger partial charge is 0.346 e. The van der Waals surface area contributed by atoms with Crippen molar-refractivity contribution in [2.24, 2.45) is 5.73 Å². The lowest BCUT2D eigenvalue weighted by molar-refractivity contribution is 0.0119. The summed E-state index contributed by atoms with van der Waals surface area (Å²) >= 11 is 0. The molecule has 8 heteroatoms. The third kappa shape index (κ3) is 3.33. The fourth-order valence-electron chi connectivity index (χ4n) is 1.85. The van der Waals surface area contributed by atoms with E-state index in [2.05, 4.69) is 9.97 Å². The smallest absolute Gasteiger partial charge is 0.277 e. The molecule has 0 fully saturated rings. The van der Waals surface area contributed by atoms with Crippen LogP contribution in [0.1, 0.15) is 21.7 Å². The molecule has 5 nitrogen and oxygen atoms in total. The maximum absolute atomic E-state index is 13.6. The number of alkyl halides is 2. The minimum Gasteiger partial charge on any atom is -0.346 e. The molecule has 0 aliphatic heterocycles. The fraction of sp³-hybridized carbons (Fsp3) is 0.357. The molecule has 0 bridgehead atoms. The van der Waals surface area contributed by atoms with Crippen LogP contribution < -0.4 is 11.1 Å². The van der Waals surface area contributed by atoms with Gasteiger partial charge in [0.2, 0.25) is 0 Å². The molecule has 0 aliphatic rings. The van der Waals surface area contributed by atoms with E-state index in [4.69, 9.17) is 5.73 Å². The van der Waals surface area contributed by atoms with E-state index < -0.39 is 30.7 Å². The first-order chi connectivity index (χ1) is 10.2. The number of benzene rings is 1. The topological polar surface area (TPSA) is 80.9 Å². The molecule has 3 N–H and O–H groups in total. The first-order valence-electron chi connectivity index (χ1n) is 6.54. The van der Waals surface area contributed by atoms with Crippen LogP contribution in [0.3, 0.4) is 0 Å². The highest BCUT2D eigenvalue weighted by atomic mass is 19.3. The van der Waals surface area contributed by atoms with Crippen molar-refractivity contribution < 1.29 is 18.0 Å². The van der Waals surface area contributed by atoms with Crippen LogP contribution >= 0.6 is 0 Å². The van der Waals surface area contributed by atoms with Crippen molar-refractivity contribution in [1.82, 2.24) is 15.3 Å². The number of nitrogens with zero attached hydrogens (tertiary/aromatic N) is 2. The molecule has 0 saturated carbocycles. The molecule has 2 rings (SSSR count). The Hall–Kier alpha value is -2.22. The van der Waals surface area contributed by atoms with Gasteiger partial charge in [-0.1, -0.05) is 0 Å². The minimum atomic E-state index is -3.23. The summed E-state index contributed by atoms with van der Waals surface area (Å²) in [6.45, 7) is 1.57. The lowest BCUT2D eigenvalue weighted by atomic mass is 10.1. The van der Waals surface area contributed by atoms with Gasteiger partial charge in [0, 0.05) is 6.07 Å². The second-order valence-electron chi connectivity index (χ2n) is 4.96. The Balaban J connectivity index is 2.42. The van der Waals surface area contributed by atoms with Crippen molar-refractivity contribution in [2.45, 2.75) is 19.8 Å². The molecule has 0 unspecified atom stereocenters.